The van der Waals surface area contributed by atoms with Crippen molar-refractivity contribution in [2.24, 2.45) is 0 Å². The van der Waals surface area contributed by atoms with E-state index in [-0.39, 0.29) is 5.91 Å². The molecule has 2 rings (SSSR count). The molecule has 0 saturated heterocycles. The first kappa shape index (κ1) is 21.2. The van der Waals surface area contributed by atoms with Gasteiger partial charge in [-0.1, -0.05) is 43.0 Å². The van der Waals surface area contributed by atoms with Gasteiger partial charge in [-0.15, -0.1) is 0 Å². The molecule has 0 aliphatic rings. The van der Waals surface area contributed by atoms with Gasteiger partial charge in [-0.3, -0.25) is 4.79 Å². The molecule has 2 aromatic rings. The molecule has 0 unspecified atom stereocenters. The van der Waals surface area contributed by atoms with Crippen LogP contribution in [0, 0.1) is 0 Å². The maximum absolute atomic E-state index is 12.6. The minimum Gasteiger partial charge on any atom is -0.497 e. The highest BCUT2D eigenvalue weighted by Crippen LogP contribution is 2.35. The molecule has 0 heterocycles. The van der Waals surface area contributed by atoms with Gasteiger partial charge >= 0.3 is 0 Å². The topological polar surface area (TPSA) is 56.8 Å². The zero-order valence-electron chi connectivity index (χ0n) is 15.6. The predicted octanol–water partition coefficient (Wildman–Crippen LogP) is 5.83. The van der Waals surface area contributed by atoms with E-state index in [1.807, 2.05) is 0 Å². The quantitative estimate of drug-likeness (QED) is 0.527. The second kappa shape index (κ2) is 10.3. The maximum atomic E-state index is 12.6. The van der Waals surface area contributed by atoms with E-state index in [0.717, 1.165) is 19.3 Å². The van der Waals surface area contributed by atoms with Crippen molar-refractivity contribution < 1.29 is 19.0 Å². The highest BCUT2D eigenvalue weighted by Gasteiger charge is 2.16. The summed E-state index contributed by atoms with van der Waals surface area (Å²) in [5, 5.41) is 3.38. The minimum absolute atomic E-state index is 0.297. The number of carbonyl (C=O) groups is 1. The second-order valence-electron chi connectivity index (χ2n) is 5.84. The summed E-state index contributed by atoms with van der Waals surface area (Å²) in [5.41, 5.74) is 0.833. The van der Waals surface area contributed by atoms with Gasteiger partial charge in [-0.05, 0) is 30.7 Å². The standard InChI is InChI=1S/C20H23Cl2NO4/c1-4-5-6-9-27-19-15(21)10-13(11-16(19)22)20(24)23-17-8-7-14(25-2)12-18(17)26-3/h7-8,10-12H,4-6,9H2,1-3H3,(H,23,24). The highest BCUT2D eigenvalue weighted by molar-refractivity contribution is 6.37. The number of nitrogens with one attached hydrogen (secondary N) is 1. The van der Waals surface area contributed by atoms with Crippen molar-refractivity contribution in [2.75, 3.05) is 26.1 Å². The smallest absolute Gasteiger partial charge is 0.255 e. The van der Waals surface area contributed by atoms with Crippen molar-refractivity contribution in [3.63, 3.8) is 0 Å². The third-order valence-electron chi connectivity index (χ3n) is 3.91. The number of amides is 1. The van der Waals surface area contributed by atoms with Crippen LogP contribution in [0.2, 0.25) is 10.0 Å². The van der Waals surface area contributed by atoms with Crippen molar-refractivity contribution in [1.82, 2.24) is 0 Å². The first-order chi connectivity index (χ1) is 13.0. The number of hydrogen-bond donors (Lipinski definition) is 1. The zero-order chi connectivity index (χ0) is 19.8. The Bertz CT molecular complexity index is 773. The molecule has 1 N–H and O–H groups in total. The number of ether oxygens (including phenoxy) is 3. The third kappa shape index (κ3) is 5.68. The molecule has 7 heteroatoms. The summed E-state index contributed by atoms with van der Waals surface area (Å²) >= 11 is 12.5. The molecule has 5 nitrogen and oxygen atoms in total. The van der Waals surface area contributed by atoms with Crippen LogP contribution in [-0.4, -0.2) is 26.7 Å². The Labute approximate surface area is 169 Å². The van der Waals surface area contributed by atoms with Crippen molar-refractivity contribution in [3.05, 3.63) is 45.9 Å². The lowest BCUT2D eigenvalue weighted by molar-refractivity contribution is 0.102. The van der Waals surface area contributed by atoms with Crippen LogP contribution >= 0.6 is 23.2 Å². The lowest BCUT2D eigenvalue weighted by Gasteiger charge is -2.14. The van der Waals surface area contributed by atoms with E-state index in [9.17, 15) is 4.79 Å². The summed E-state index contributed by atoms with van der Waals surface area (Å²) in [5.74, 6) is 1.14. The van der Waals surface area contributed by atoms with Crippen LogP contribution in [0.25, 0.3) is 0 Å². The first-order valence-corrected chi connectivity index (χ1v) is 9.41. The molecule has 0 aliphatic heterocycles. The van der Waals surface area contributed by atoms with Crippen LogP contribution in [0.4, 0.5) is 5.69 Å². The molecule has 1 amide bonds. The Morgan fingerprint density at radius 2 is 1.74 bits per heavy atom. The Morgan fingerprint density at radius 3 is 2.33 bits per heavy atom. The highest BCUT2D eigenvalue weighted by atomic mass is 35.5. The van der Waals surface area contributed by atoms with E-state index in [0.29, 0.717) is 45.2 Å². The van der Waals surface area contributed by atoms with Gasteiger partial charge in [0.2, 0.25) is 0 Å². The van der Waals surface area contributed by atoms with Crippen molar-refractivity contribution in [2.45, 2.75) is 26.2 Å². The van der Waals surface area contributed by atoms with E-state index in [2.05, 4.69) is 12.2 Å². The summed E-state index contributed by atoms with van der Waals surface area (Å²) in [6.07, 6.45) is 3.08. The molecule has 0 saturated carbocycles. The zero-order valence-corrected chi connectivity index (χ0v) is 17.1. The molecule has 0 fully saturated rings. The fourth-order valence-corrected chi connectivity index (χ4v) is 3.05. The summed E-state index contributed by atoms with van der Waals surface area (Å²) < 4.78 is 16.1. The van der Waals surface area contributed by atoms with Crippen LogP contribution < -0.4 is 19.5 Å². The average molecular weight is 412 g/mol. The Morgan fingerprint density at radius 1 is 1.04 bits per heavy atom. The van der Waals surface area contributed by atoms with E-state index >= 15 is 0 Å². The molecule has 146 valence electrons. The fourth-order valence-electron chi connectivity index (χ4n) is 2.45. The van der Waals surface area contributed by atoms with Crippen LogP contribution in [-0.2, 0) is 0 Å². The number of unbranched alkanes of at least 4 members (excludes halogenated alkanes) is 2. The van der Waals surface area contributed by atoms with Gasteiger partial charge in [0.15, 0.2) is 5.75 Å². The van der Waals surface area contributed by atoms with Crippen LogP contribution in [0.3, 0.4) is 0 Å². The van der Waals surface area contributed by atoms with Crippen LogP contribution in [0.1, 0.15) is 36.5 Å². The van der Waals surface area contributed by atoms with Crippen molar-refractivity contribution >= 4 is 34.8 Å². The van der Waals surface area contributed by atoms with Crippen molar-refractivity contribution in [3.8, 4) is 17.2 Å². The van der Waals surface area contributed by atoms with E-state index in [1.165, 1.54) is 19.2 Å². The number of anilines is 1. The number of halogens is 2. The molecule has 0 radical (unpaired) electrons. The molecule has 0 bridgehead atoms. The maximum Gasteiger partial charge on any atom is 0.255 e. The van der Waals surface area contributed by atoms with Gasteiger partial charge in [0.1, 0.15) is 11.5 Å². The fraction of sp³-hybridized carbons (Fsp3) is 0.350. The molecular formula is C20H23Cl2NO4. The van der Waals surface area contributed by atoms with Gasteiger partial charge in [-0.25, -0.2) is 0 Å². The molecule has 27 heavy (non-hydrogen) atoms. The molecular weight excluding hydrogens is 389 g/mol. The summed E-state index contributed by atoms with van der Waals surface area (Å²) in [4.78, 5) is 12.6. The van der Waals surface area contributed by atoms with Crippen LogP contribution in [0.15, 0.2) is 30.3 Å². The first-order valence-electron chi connectivity index (χ1n) is 8.65. The predicted molar refractivity (Wildman–Crippen MR) is 109 cm³/mol. The summed E-state index contributed by atoms with van der Waals surface area (Å²) in [6, 6.07) is 8.18. The molecule has 0 spiro atoms. The summed E-state index contributed by atoms with van der Waals surface area (Å²) in [6.45, 7) is 2.65. The molecule has 0 aliphatic carbocycles. The largest absolute Gasteiger partial charge is 0.497 e. The average Bonchev–Trinajstić information content (AvgIpc) is 2.66. The van der Waals surface area contributed by atoms with Crippen molar-refractivity contribution in [1.29, 1.82) is 0 Å². The number of hydrogen-bond acceptors (Lipinski definition) is 4. The number of carbonyl (C=O) groups excluding carboxylic acids is 1. The summed E-state index contributed by atoms with van der Waals surface area (Å²) in [7, 11) is 3.08. The second-order valence-corrected chi connectivity index (χ2v) is 6.66. The normalized spacial score (nSPS) is 10.4. The van der Waals surface area contributed by atoms with Gasteiger partial charge in [0, 0.05) is 11.6 Å². The van der Waals surface area contributed by atoms with E-state index in [4.69, 9.17) is 37.4 Å². The molecule has 0 atom stereocenters. The van der Waals surface area contributed by atoms with E-state index in [1.54, 1.807) is 25.3 Å². The SMILES string of the molecule is CCCCCOc1c(Cl)cc(C(=O)Nc2ccc(OC)cc2OC)cc1Cl. The molecule has 2 aromatic carbocycles. The number of benzene rings is 2. The lowest BCUT2D eigenvalue weighted by Crippen LogP contribution is -2.13. The van der Waals surface area contributed by atoms with Gasteiger partial charge in [-0.2, -0.15) is 0 Å². The minimum atomic E-state index is -0.361. The lowest BCUT2D eigenvalue weighted by atomic mass is 10.2. The number of methoxy groups -OCH3 is 2. The monoisotopic (exact) mass is 411 g/mol. The van der Waals surface area contributed by atoms with Gasteiger partial charge in [0.25, 0.3) is 5.91 Å². The molecule has 0 aromatic heterocycles. The number of rotatable bonds is 9. The third-order valence-corrected chi connectivity index (χ3v) is 4.47. The van der Waals surface area contributed by atoms with Gasteiger partial charge in [0.05, 0.1) is 36.6 Å². The van der Waals surface area contributed by atoms with Gasteiger partial charge < -0.3 is 19.5 Å². The Balaban J connectivity index is 2.15. The van der Waals surface area contributed by atoms with Crippen LogP contribution in [0.5, 0.6) is 17.2 Å². The van der Waals surface area contributed by atoms with E-state index < -0.39 is 0 Å². The Kier molecular flexibility index (Phi) is 8.07. The Hall–Kier alpha value is -2.11.